The molecule has 0 rings (SSSR count). The molecule has 0 spiro atoms. The van der Waals surface area contributed by atoms with Gasteiger partial charge in [-0.05, 0) is 122 Å². The molecule has 0 aliphatic rings. The molecular formula is C72H118O6. The summed E-state index contributed by atoms with van der Waals surface area (Å²) in [6.45, 7) is 6.42. The van der Waals surface area contributed by atoms with Gasteiger partial charge in [0.2, 0.25) is 0 Å². The van der Waals surface area contributed by atoms with Crippen LogP contribution in [-0.4, -0.2) is 37.2 Å². The standard InChI is InChI=1S/C72H118O6/c1-4-7-10-13-16-18-20-22-24-26-28-30-32-34-36-38-40-42-44-46-48-50-52-54-56-59-62-65-71(74)77-68-69(67-76-70(73)64-61-58-15-12-9-6-3)78-72(75)66-63-60-57-55-53-51-49-47-45-43-41-39-37-35-33-31-29-27-25-23-21-19-17-14-11-8-5-2/h7,10,16,18,21-24,27-30,33-36,40,42,46,48,52,54,69H,4-6,8-9,11-15,17,19-20,25-26,31-32,37-39,41,43-45,47,49-51,53,55-68H2,1-3H3/b10-7-,18-16-,23-21-,24-22-,29-27-,30-28-,35-33-,36-34-,42-40-,48-46-,54-52-. The number of carbonyl (C=O) groups excluding carboxylic acids is 3. The Kier molecular flexibility index (Phi) is 61.4. The Balaban J connectivity index is 4.21. The van der Waals surface area contributed by atoms with Crippen molar-refractivity contribution in [1.29, 1.82) is 0 Å². The highest BCUT2D eigenvalue weighted by Crippen LogP contribution is 2.15. The molecular weight excluding hydrogens is 961 g/mol. The lowest BCUT2D eigenvalue weighted by atomic mass is 10.0. The zero-order chi connectivity index (χ0) is 56.4. The van der Waals surface area contributed by atoms with Crippen molar-refractivity contribution in [1.82, 2.24) is 0 Å². The summed E-state index contributed by atoms with van der Waals surface area (Å²) in [6.07, 6.45) is 92.1. The minimum atomic E-state index is -0.799. The van der Waals surface area contributed by atoms with Gasteiger partial charge in [0.05, 0.1) is 0 Å². The molecule has 0 N–H and O–H groups in total. The van der Waals surface area contributed by atoms with Gasteiger partial charge in [0.1, 0.15) is 13.2 Å². The highest BCUT2D eigenvalue weighted by Gasteiger charge is 2.19. The van der Waals surface area contributed by atoms with E-state index in [9.17, 15) is 14.4 Å². The average Bonchev–Trinajstić information content (AvgIpc) is 3.44. The van der Waals surface area contributed by atoms with Crippen molar-refractivity contribution in [2.45, 2.75) is 290 Å². The molecule has 0 fully saturated rings. The Morgan fingerprint density at radius 2 is 0.500 bits per heavy atom. The molecule has 1 unspecified atom stereocenters. The molecule has 0 saturated heterocycles. The molecule has 0 amide bonds. The quantitative estimate of drug-likeness (QED) is 0.0261. The number of hydrogen-bond acceptors (Lipinski definition) is 6. The smallest absolute Gasteiger partial charge is 0.306 e. The normalized spacial score (nSPS) is 13.0. The van der Waals surface area contributed by atoms with E-state index in [0.717, 1.165) is 116 Å². The molecule has 0 aromatic carbocycles. The van der Waals surface area contributed by atoms with Crippen LogP contribution in [0.3, 0.4) is 0 Å². The Morgan fingerprint density at radius 1 is 0.269 bits per heavy atom. The Hall–Kier alpha value is -4.45. The van der Waals surface area contributed by atoms with Crippen LogP contribution in [0, 0.1) is 0 Å². The van der Waals surface area contributed by atoms with E-state index in [2.05, 4.69) is 154 Å². The molecule has 0 aliphatic carbocycles. The first-order valence-corrected chi connectivity index (χ1v) is 32.2. The molecule has 78 heavy (non-hydrogen) atoms. The molecule has 0 heterocycles. The fourth-order valence-corrected chi connectivity index (χ4v) is 8.58. The number of carbonyl (C=O) groups is 3. The van der Waals surface area contributed by atoms with Crippen molar-refractivity contribution in [3.05, 3.63) is 134 Å². The molecule has 442 valence electrons. The summed E-state index contributed by atoms with van der Waals surface area (Å²) >= 11 is 0. The van der Waals surface area contributed by atoms with E-state index < -0.39 is 6.10 Å². The number of rotatable bonds is 57. The van der Waals surface area contributed by atoms with Gasteiger partial charge in [-0.1, -0.05) is 276 Å². The second-order valence-corrected chi connectivity index (χ2v) is 20.9. The first-order valence-electron chi connectivity index (χ1n) is 32.2. The van der Waals surface area contributed by atoms with Crippen LogP contribution >= 0.6 is 0 Å². The Morgan fingerprint density at radius 3 is 0.808 bits per heavy atom. The topological polar surface area (TPSA) is 78.9 Å². The highest BCUT2D eigenvalue weighted by atomic mass is 16.6. The molecule has 0 radical (unpaired) electrons. The first kappa shape index (κ1) is 73.5. The van der Waals surface area contributed by atoms with E-state index in [1.54, 1.807) is 0 Å². The van der Waals surface area contributed by atoms with Gasteiger partial charge in [0.25, 0.3) is 0 Å². The van der Waals surface area contributed by atoms with Crippen molar-refractivity contribution < 1.29 is 28.6 Å². The van der Waals surface area contributed by atoms with Crippen LogP contribution in [-0.2, 0) is 28.6 Å². The minimum absolute atomic E-state index is 0.0956. The van der Waals surface area contributed by atoms with Crippen LogP contribution in [0.2, 0.25) is 0 Å². The number of allylic oxidation sites excluding steroid dienone is 22. The van der Waals surface area contributed by atoms with Crippen LogP contribution in [0.5, 0.6) is 0 Å². The predicted molar refractivity (Wildman–Crippen MR) is 339 cm³/mol. The lowest BCUT2D eigenvalue weighted by Gasteiger charge is -2.18. The van der Waals surface area contributed by atoms with Crippen molar-refractivity contribution in [3.63, 3.8) is 0 Å². The van der Waals surface area contributed by atoms with Crippen LogP contribution in [0.25, 0.3) is 0 Å². The maximum absolute atomic E-state index is 12.9. The maximum atomic E-state index is 12.9. The number of hydrogen-bond donors (Lipinski definition) is 0. The minimum Gasteiger partial charge on any atom is -0.462 e. The molecule has 0 saturated carbocycles. The van der Waals surface area contributed by atoms with Crippen LogP contribution in [0.15, 0.2) is 134 Å². The first-order chi connectivity index (χ1) is 38.5. The van der Waals surface area contributed by atoms with Gasteiger partial charge in [0.15, 0.2) is 6.10 Å². The fourth-order valence-electron chi connectivity index (χ4n) is 8.58. The number of unbranched alkanes of at least 4 members (excludes halogenated alkanes) is 24. The van der Waals surface area contributed by atoms with E-state index in [-0.39, 0.29) is 31.1 Å². The predicted octanol–water partition coefficient (Wildman–Crippen LogP) is 22.2. The molecule has 0 aliphatic heterocycles. The van der Waals surface area contributed by atoms with Gasteiger partial charge in [-0.15, -0.1) is 0 Å². The van der Waals surface area contributed by atoms with Crippen molar-refractivity contribution in [2.75, 3.05) is 13.2 Å². The third-order valence-corrected chi connectivity index (χ3v) is 13.4. The van der Waals surface area contributed by atoms with Gasteiger partial charge in [0, 0.05) is 19.3 Å². The second-order valence-electron chi connectivity index (χ2n) is 20.9. The Labute approximate surface area is 481 Å². The molecule has 0 bridgehead atoms. The zero-order valence-corrected chi connectivity index (χ0v) is 50.6. The van der Waals surface area contributed by atoms with Crippen molar-refractivity contribution in [3.8, 4) is 0 Å². The zero-order valence-electron chi connectivity index (χ0n) is 50.6. The van der Waals surface area contributed by atoms with E-state index in [0.29, 0.717) is 25.7 Å². The van der Waals surface area contributed by atoms with Crippen LogP contribution in [0.1, 0.15) is 284 Å². The van der Waals surface area contributed by atoms with E-state index in [1.807, 2.05) is 0 Å². The monoisotopic (exact) mass is 1080 g/mol. The second kappa shape index (κ2) is 65.1. The third kappa shape index (κ3) is 62.4. The summed E-state index contributed by atoms with van der Waals surface area (Å²) in [5.74, 6) is -0.953. The van der Waals surface area contributed by atoms with Gasteiger partial charge in [-0.2, -0.15) is 0 Å². The molecule has 0 aromatic rings. The van der Waals surface area contributed by atoms with Gasteiger partial charge >= 0.3 is 17.9 Å². The van der Waals surface area contributed by atoms with E-state index >= 15 is 0 Å². The van der Waals surface area contributed by atoms with Gasteiger partial charge < -0.3 is 14.2 Å². The summed E-state index contributed by atoms with van der Waals surface area (Å²) in [4.78, 5) is 38.0. The van der Waals surface area contributed by atoms with Crippen molar-refractivity contribution >= 4 is 17.9 Å². The van der Waals surface area contributed by atoms with E-state index in [1.165, 1.54) is 122 Å². The fraction of sp³-hybridized carbons (Fsp3) is 0.653. The largest absolute Gasteiger partial charge is 0.462 e. The molecule has 6 nitrogen and oxygen atoms in total. The van der Waals surface area contributed by atoms with Crippen molar-refractivity contribution in [2.24, 2.45) is 0 Å². The molecule has 1 atom stereocenters. The summed E-state index contributed by atoms with van der Waals surface area (Å²) < 4.78 is 16.8. The summed E-state index contributed by atoms with van der Waals surface area (Å²) in [6, 6.07) is 0. The number of ether oxygens (including phenoxy) is 3. The van der Waals surface area contributed by atoms with E-state index in [4.69, 9.17) is 14.2 Å². The molecule has 0 aromatic heterocycles. The van der Waals surface area contributed by atoms with Crippen LogP contribution < -0.4 is 0 Å². The highest BCUT2D eigenvalue weighted by molar-refractivity contribution is 5.71. The summed E-state index contributed by atoms with van der Waals surface area (Å²) in [5, 5.41) is 0. The lowest BCUT2D eigenvalue weighted by Crippen LogP contribution is -2.30. The molecule has 6 heteroatoms. The Bertz CT molecular complexity index is 1670. The summed E-state index contributed by atoms with van der Waals surface area (Å²) in [7, 11) is 0. The van der Waals surface area contributed by atoms with Gasteiger partial charge in [-0.25, -0.2) is 0 Å². The van der Waals surface area contributed by atoms with Gasteiger partial charge in [-0.3, -0.25) is 14.4 Å². The SMILES string of the molecule is CC/C=C\C/C=C\C/C=C\C/C=C\C/C=C\C/C=C\C/C=C\C/C=C\CCCCC(=O)OCC(COC(=O)CCCCCCCC)OC(=O)CCCCCCCCCCCCCC/C=C\C/C=C\C/C=C\CCCCCCC. The lowest BCUT2D eigenvalue weighted by molar-refractivity contribution is -0.167. The van der Waals surface area contributed by atoms with Crippen LogP contribution in [0.4, 0.5) is 0 Å². The third-order valence-electron chi connectivity index (χ3n) is 13.4. The maximum Gasteiger partial charge on any atom is 0.306 e. The number of esters is 3. The average molecular weight is 1080 g/mol. The summed E-state index contributed by atoms with van der Waals surface area (Å²) in [5.41, 5.74) is 0.